The van der Waals surface area contributed by atoms with E-state index < -0.39 is 8.32 Å². The number of aliphatic hydroxyl groups excluding tert-OH is 1. The van der Waals surface area contributed by atoms with Gasteiger partial charge < -0.3 is 9.53 Å². The van der Waals surface area contributed by atoms with Crippen molar-refractivity contribution in [3.63, 3.8) is 0 Å². The van der Waals surface area contributed by atoms with Crippen LogP contribution in [0.25, 0.3) is 0 Å². The smallest absolute Gasteiger partial charge is 0.261 e. The van der Waals surface area contributed by atoms with Crippen molar-refractivity contribution < 1.29 is 9.53 Å². The summed E-state index contributed by atoms with van der Waals surface area (Å²) in [5, 5.41) is 12.9. The Balaban J connectivity index is 1.57. The molecule has 2 aliphatic carbocycles. The first kappa shape index (κ1) is 24.4. The first-order chi connectivity index (χ1) is 15.7. The molecule has 0 unspecified atom stereocenters. The Morgan fingerprint density at radius 3 is 2.12 bits per heavy atom. The topological polar surface area (TPSA) is 29.5 Å². The maximum atomic E-state index is 10.1. The Labute approximate surface area is 202 Å². The molecule has 1 saturated carbocycles. The molecule has 1 N–H and O–H groups in total. The maximum absolute atomic E-state index is 10.1. The number of hydrogen-bond acceptors (Lipinski definition) is 2. The summed E-state index contributed by atoms with van der Waals surface area (Å²) >= 11 is 0. The lowest BCUT2D eigenvalue weighted by Gasteiger charge is -2.44. The Morgan fingerprint density at radius 2 is 1.58 bits per heavy atom. The van der Waals surface area contributed by atoms with Crippen molar-refractivity contribution in [2.75, 3.05) is 6.61 Å². The van der Waals surface area contributed by atoms with Crippen molar-refractivity contribution in [1.29, 1.82) is 0 Å². The zero-order valence-electron chi connectivity index (χ0n) is 21.2. The quantitative estimate of drug-likeness (QED) is 0.399. The molecule has 2 aliphatic rings. The Morgan fingerprint density at radius 1 is 1.00 bits per heavy atom. The molecule has 3 heteroatoms. The van der Waals surface area contributed by atoms with Crippen LogP contribution in [0, 0.1) is 17.3 Å². The van der Waals surface area contributed by atoms with Crippen molar-refractivity contribution in [2.24, 2.45) is 17.3 Å². The number of fused-ring (bicyclic) bond motifs is 1. The summed E-state index contributed by atoms with van der Waals surface area (Å²) in [5.74, 6) is 1.29. The highest BCUT2D eigenvalue weighted by molar-refractivity contribution is 6.99. The second kappa shape index (κ2) is 9.52. The van der Waals surface area contributed by atoms with E-state index in [0.717, 1.165) is 32.3 Å². The molecule has 0 saturated heterocycles. The summed E-state index contributed by atoms with van der Waals surface area (Å²) in [4.78, 5) is 0. The fourth-order valence-corrected chi connectivity index (χ4v) is 11.4. The third kappa shape index (κ3) is 4.52. The lowest BCUT2D eigenvalue weighted by molar-refractivity contribution is 0.115. The number of rotatable bonds is 7. The minimum atomic E-state index is -2.46. The second-order valence-corrected chi connectivity index (χ2v) is 15.9. The molecule has 0 aliphatic heterocycles. The highest BCUT2D eigenvalue weighted by Crippen LogP contribution is 2.56. The fraction of sp³-hybridized carbons (Fsp3) is 0.533. The summed E-state index contributed by atoms with van der Waals surface area (Å²) < 4.78 is 7.17. The SMILES string of the molecule is C[C@H](CCO[Si](c1ccccc1)(c1ccccc1)C(C)(C)C)[C@H]1CCC2=C[C@@H](O)CC[C@@]21C. The van der Waals surface area contributed by atoms with Gasteiger partial charge in [-0.1, -0.05) is 107 Å². The van der Waals surface area contributed by atoms with Crippen LogP contribution in [0.5, 0.6) is 0 Å². The van der Waals surface area contributed by atoms with E-state index in [4.69, 9.17) is 4.43 Å². The van der Waals surface area contributed by atoms with Crippen LogP contribution < -0.4 is 10.4 Å². The van der Waals surface area contributed by atoms with Crippen LogP contribution in [-0.2, 0) is 4.43 Å². The van der Waals surface area contributed by atoms with E-state index in [0.29, 0.717) is 11.8 Å². The van der Waals surface area contributed by atoms with Crippen molar-refractivity contribution in [3.8, 4) is 0 Å². The van der Waals surface area contributed by atoms with Gasteiger partial charge in [0.15, 0.2) is 0 Å². The monoisotopic (exact) mass is 462 g/mol. The Kier molecular flexibility index (Phi) is 7.05. The summed E-state index contributed by atoms with van der Waals surface area (Å²) in [7, 11) is -2.46. The molecule has 2 aromatic rings. The van der Waals surface area contributed by atoms with Crippen LogP contribution in [0.3, 0.4) is 0 Å². The van der Waals surface area contributed by atoms with Crippen molar-refractivity contribution >= 4 is 18.7 Å². The zero-order valence-corrected chi connectivity index (χ0v) is 22.2. The molecule has 0 aromatic heterocycles. The molecule has 0 spiro atoms. The zero-order chi connectivity index (χ0) is 23.7. The molecule has 33 heavy (non-hydrogen) atoms. The van der Waals surface area contributed by atoms with E-state index in [1.54, 1.807) is 0 Å². The van der Waals surface area contributed by atoms with Gasteiger partial charge >= 0.3 is 0 Å². The molecule has 0 amide bonds. The van der Waals surface area contributed by atoms with Crippen LogP contribution >= 0.6 is 0 Å². The first-order valence-corrected chi connectivity index (χ1v) is 14.7. The van der Waals surface area contributed by atoms with Crippen LogP contribution in [0.15, 0.2) is 72.3 Å². The number of benzene rings is 2. The third-order valence-corrected chi connectivity index (χ3v) is 13.7. The first-order valence-electron chi connectivity index (χ1n) is 12.8. The molecule has 2 aromatic carbocycles. The lowest BCUT2D eigenvalue weighted by Crippen LogP contribution is -2.66. The Hall–Kier alpha value is -1.68. The molecular weight excluding hydrogens is 420 g/mol. The predicted octanol–water partition coefficient (Wildman–Crippen LogP) is 6.09. The van der Waals surface area contributed by atoms with Gasteiger partial charge in [-0.3, -0.25) is 0 Å². The van der Waals surface area contributed by atoms with Crippen molar-refractivity contribution in [2.45, 2.75) is 77.9 Å². The lowest BCUT2D eigenvalue weighted by atomic mass is 9.66. The third-order valence-electron chi connectivity index (χ3n) is 8.63. The molecule has 1 fully saturated rings. The van der Waals surface area contributed by atoms with Crippen molar-refractivity contribution in [3.05, 3.63) is 72.3 Å². The average molecular weight is 463 g/mol. The van der Waals surface area contributed by atoms with E-state index in [1.807, 2.05) is 0 Å². The largest absolute Gasteiger partial charge is 0.407 e. The Bertz CT molecular complexity index is 907. The van der Waals surface area contributed by atoms with E-state index in [2.05, 4.69) is 101 Å². The minimum absolute atomic E-state index is 0.0215. The maximum Gasteiger partial charge on any atom is 0.261 e. The predicted molar refractivity (Wildman–Crippen MR) is 142 cm³/mol. The molecule has 178 valence electrons. The molecule has 2 nitrogen and oxygen atoms in total. The normalized spacial score (nSPS) is 26.5. The summed E-state index contributed by atoms with van der Waals surface area (Å²) in [5.41, 5.74) is 1.77. The van der Waals surface area contributed by atoms with Gasteiger partial charge in [0.2, 0.25) is 0 Å². The van der Waals surface area contributed by atoms with Crippen LogP contribution in [0.2, 0.25) is 5.04 Å². The van der Waals surface area contributed by atoms with Gasteiger partial charge in [-0.2, -0.15) is 0 Å². The van der Waals surface area contributed by atoms with Gasteiger partial charge in [0.1, 0.15) is 0 Å². The standard InChI is InChI=1S/C30H42O2Si/c1-23(28-17-16-24-22-25(31)18-20-30(24,28)5)19-21-32-33(29(2,3)4,26-12-8-6-9-13-26)27-14-10-7-11-15-27/h6-15,22-23,25,28,31H,16-21H2,1-5H3/t23-,25+,28-,30+/m1/s1. The number of hydrogen-bond donors (Lipinski definition) is 1. The highest BCUT2D eigenvalue weighted by atomic mass is 28.4. The van der Waals surface area contributed by atoms with Gasteiger partial charge in [-0.05, 0) is 64.8 Å². The fourth-order valence-electron chi connectivity index (χ4n) is 6.81. The molecular formula is C30H42O2Si. The van der Waals surface area contributed by atoms with E-state index in [1.165, 1.54) is 22.4 Å². The molecule has 0 radical (unpaired) electrons. The van der Waals surface area contributed by atoms with E-state index in [9.17, 15) is 5.11 Å². The highest BCUT2D eigenvalue weighted by Gasteiger charge is 2.50. The van der Waals surface area contributed by atoms with Gasteiger partial charge in [0.25, 0.3) is 8.32 Å². The molecule has 0 heterocycles. The average Bonchev–Trinajstić information content (AvgIpc) is 3.13. The van der Waals surface area contributed by atoms with Gasteiger partial charge in [-0.25, -0.2) is 0 Å². The van der Waals surface area contributed by atoms with Gasteiger partial charge in [-0.15, -0.1) is 0 Å². The summed E-state index contributed by atoms with van der Waals surface area (Å²) in [6.07, 6.45) is 7.43. The second-order valence-electron chi connectivity index (χ2n) is 11.6. The summed E-state index contributed by atoms with van der Waals surface area (Å²) in [6.45, 7) is 12.7. The molecule has 0 bridgehead atoms. The van der Waals surface area contributed by atoms with E-state index in [-0.39, 0.29) is 16.6 Å². The minimum Gasteiger partial charge on any atom is -0.407 e. The summed E-state index contributed by atoms with van der Waals surface area (Å²) in [6, 6.07) is 21.9. The van der Waals surface area contributed by atoms with Crippen LogP contribution in [-0.4, -0.2) is 26.1 Å². The van der Waals surface area contributed by atoms with Gasteiger partial charge in [0.05, 0.1) is 6.10 Å². The van der Waals surface area contributed by atoms with E-state index >= 15 is 0 Å². The molecule has 4 atom stereocenters. The van der Waals surface area contributed by atoms with Crippen LogP contribution in [0.1, 0.15) is 66.7 Å². The molecule has 4 rings (SSSR count). The van der Waals surface area contributed by atoms with Crippen LogP contribution in [0.4, 0.5) is 0 Å². The number of allylic oxidation sites excluding steroid dienone is 1. The number of aliphatic hydroxyl groups is 1. The van der Waals surface area contributed by atoms with Gasteiger partial charge in [0, 0.05) is 6.61 Å². The van der Waals surface area contributed by atoms with Crippen molar-refractivity contribution in [1.82, 2.24) is 0 Å².